The van der Waals surface area contributed by atoms with Gasteiger partial charge in [-0.3, -0.25) is 4.79 Å². The maximum Gasteiger partial charge on any atom is 0.225 e. The van der Waals surface area contributed by atoms with E-state index in [4.69, 9.17) is 5.73 Å². The summed E-state index contributed by atoms with van der Waals surface area (Å²) in [6.07, 6.45) is 1.91. The average molecular weight is 305 g/mol. The third kappa shape index (κ3) is 3.67. The van der Waals surface area contributed by atoms with E-state index in [1.807, 2.05) is 6.92 Å². The number of hydrogen-bond donors (Lipinski definition) is 2. The van der Waals surface area contributed by atoms with Crippen LogP contribution in [0.1, 0.15) is 25.3 Å². The van der Waals surface area contributed by atoms with Crippen molar-refractivity contribution < 1.29 is 13.6 Å². The largest absolute Gasteiger partial charge is 0.349 e. The Morgan fingerprint density at radius 3 is 2.65 bits per heavy atom. The molecular formula is C14H19ClF2N2O. The highest BCUT2D eigenvalue weighted by Gasteiger charge is 2.41. The fourth-order valence-corrected chi connectivity index (χ4v) is 2.26. The molecule has 1 saturated carbocycles. The summed E-state index contributed by atoms with van der Waals surface area (Å²) in [5, 5.41) is 2.85. The number of hydrogen-bond acceptors (Lipinski definition) is 2. The number of nitrogens with one attached hydrogen (secondary N) is 1. The molecule has 112 valence electrons. The summed E-state index contributed by atoms with van der Waals surface area (Å²) in [5.41, 5.74) is 5.31. The van der Waals surface area contributed by atoms with Crippen molar-refractivity contribution in [3.05, 3.63) is 35.4 Å². The van der Waals surface area contributed by atoms with Crippen molar-refractivity contribution in [1.29, 1.82) is 0 Å². The third-order valence-electron chi connectivity index (χ3n) is 3.71. The van der Waals surface area contributed by atoms with E-state index >= 15 is 0 Å². The van der Waals surface area contributed by atoms with Gasteiger partial charge in [0, 0.05) is 12.1 Å². The molecule has 0 radical (unpaired) electrons. The van der Waals surface area contributed by atoms with Gasteiger partial charge in [-0.1, -0.05) is 12.1 Å². The summed E-state index contributed by atoms with van der Waals surface area (Å²) in [4.78, 5) is 11.9. The number of carbonyl (C=O) groups excluding carboxylic acids is 1. The molecule has 0 aliphatic heterocycles. The first-order valence-corrected chi connectivity index (χ1v) is 6.40. The molecule has 1 unspecified atom stereocenters. The molecule has 1 aromatic carbocycles. The number of carbonyl (C=O) groups is 1. The third-order valence-corrected chi connectivity index (χ3v) is 3.71. The van der Waals surface area contributed by atoms with Crippen LogP contribution in [0.5, 0.6) is 0 Å². The first kappa shape index (κ1) is 16.9. The summed E-state index contributed by atoms with van der Waals surface area (Å²) in [5.74, 6) is -1.84. The molecule has 1 aliphatic rings. The standard InChI is InChI=1S/C14H18F2N2O.ClH/c1-14(8-17,10-5-6-10)18-12(19)7-9-3-2-4-11(15)13(9)16;/h2-4,10H,5-8,17H2,1H3,(H,18,19);1H. The van der Waals surface area contributed by atoms with E-state index in [2.05, 4.69) is 5.32 Å². The van der Waals surface area contributed by atoms with Gasteiger partial charge in [-0.2, -0.15) is 0 Å². The molecule has 0 heterocycles. The van der Waals surface area contributed by atoms with Crippen LogP contribution < -0.4 is 11.1 Å². The lowest BCUT2D eigenvalue weighted by molar-refractivity contribution is -0.122. The van der Waals surface area contributed by atoms with Crippen LogP contribution in [0.3, 0.4) is 0 Å². The Morgan fingerprint density at radius 1 is 1.45 bits per heavy atom. The molecule has 3 N–H and O–H groups in total. The van der Waals surface area contributed by atoms with Crippen molar-refractivity contribution in [3.8, 4) is 0 Å². The normalized spacial score (nSPS) is 17.0. The van der Waals surface area contributed by atoms with Crippen molar-refractivity contribution >= 4 is 18.3 Å². The van der Waals surface area contributed by atoms with E-state index < -0.39 is 17.2 Å². The van der Waals surface area contributed by atoms with Gasteiger partial charge in [0.25, 0.3) is 0 Å². The Hall–Kier alpha value is -1.20. The molecule has 0 aromatic heterocycles. The average Bonchev–Trinajstić information content (AvgIpc) is 3.19. The molecule has 1 fully saturated rings. The van der Waals surface area contributed by atoms with E-state index in [-0.39, 0.29) is 30.3 Å². The van der Waals surface area contributed by atoms with Crippen molar-refractivity contribution in [2.45, 2.75) is 31.7 Å². The zero-order chi connectivity index (χ0) is 14.0. The van der Waals surface area contributed by atoms with Gasteiger partial charge >= 0.3 is 0 Å². The van der Waals surface area contributed by atoms with Gasteiger partial charge in [0.1, 0.15) is 0 Å². The van der Waals surface area contributed by atoms with Crippen molar-refractivity contribution in [2.24, 2.45) is 11.7 Å². The van der Waals surface area contributed by atoms with Gasteiger partial charge in [-0.25, -0.2) is 8.78 Å². The van der Waals surface area contributed by atoms with Crippen LogP contribution in [-0.2, 0) is 11.2 Å². The van der Waals surface area contributed by atoms with Crippen LogP contribution in [0, 0.1) is 17.6 Å². The summed E-state index contributed by atoms with van der Waals surface area (Å²) in [6.45, 7) is 2.24. The second-order valence-corrected chi connectivity index (χ2v) is 5.33. The summed E-state index contributed by atoms with van der Waals surface area (Å²) in [6, 6.07) is 3.84. The van der Waals surface area contributed by atoms with Gasteiger partial charge in [0.05, 0.1) is 12.0 Å². The highest BCUT2D eigenvalue weighted by Crippen LogP contribution is 2.38. The van der Waals surface area contributed by atoms with E-state index in [9.17, 15) is 13.6 Å². The van der Waals surface area contributed by atoms with Crippen molar-refractivity contribution in [1.82, 2.24) is 5.32 Å². The zero-order valence-electron chi connectivity index (χ0n) is 11.3. The second kappa shape index (κ2) is 6.50. The number of halogens is 3. The first-order valence-electron chi connectivity index (χ1n) is 6.40. The highest BCUT2D eigenvalue weighted by atomic mass is 35.5. The predicted octanol–water partition coefficient (Wildman–Crippen LogP) is 2.17. The number of rotatable bonds is 5. The van der Waals surface area contributed by atoms with Crippen LogP contribution >= 0.6 is 12.4 Å². The lowest BCUT2D eigenvalue weighted by Crippen LogP contribution is -2.53. The zero-order valence-corrected chi connectivity index (χ0v) is 12.1. The molecule has 6 heteroatoms. The van der Waals surface area contributed by atoms with Gasteiger partial charge in [-0.05, 0) is 31.7 Å². The maximum atomic E-state index is 13.5. The lowest BCUT2D eigenvalue weighted by atomic mass is 9.95. The smallest absolute Gasteiger partial charge is 0.225 e. The molecule has 1 aliphatic carbocycles. The minimum absolute atomic E-state index is 0. The molecule has 1 amide bonds. The van der Waals surface area contributed by atoms with E-state index in [0.29, 0.717) is 12.5 Å². The van der Waals surface area contributed by atoms with Gasteiger partial charge in [0.15, 0.2) is 11.6 Å². The molecule has 0 spiro atoms. The van der Waals surface area contributed by atoms with Crippen molar-refractivity contribution in [3.63, 3.8) is 0 Å². The fraction of sp³-hybridized carbons (Fsp3) is 0.500. The van der Waals surface area contributed by atoms with Gasteiger partial charge < -0.3 is 11.1 Å². The number of amides is 1. The monoisotopic (exact) mass is 304 g/mol. The topological polar surface area (TPSA) is 55.1 Å². The molecule has 1 atom stereocenters. The Kier molecular flexibility index (Phi) is 5.48. The van der Waals surface area contributed by atoms with Crippen LogP contribution in [0.2, 0.25) is 0 Å². The summed E-state index contributed by atoms with van der Waals surface area (Å²) < 4.78 is 26.5. The van der Waals surface area contributed by atoms with Gasteiger partial charge in [0.2, 0.25) is 5.91 Å². The van der Waals surface area contributed by atoms with Gasteiger partial charge in [-0.15, -0.1) is 12.4 Å². The summed E-state index contributed by atoms with van der Waals surface area (Å²) >= 11 is 0. The van der Waals surface area contributed by atoms with Crippen LogP contribution in [0.15, 0.2) is 18.2 Å². The highest BCUT2D eigenvalue weighted by molar-refractivity contribution is 5.85. The molecule has 3 nitrogen and oxygen atoms in total. The number of benzene rings is 1. The minimum atomic E-state index is -0.960. The Morgan fingerprint density at radius 2 is 2.10 bits per heavy atom. The van der Waals surface area contributed by atoms with E-state index in [0.717, 1.165) is 18.9 Å². The maximum absolute atomic E-state index is 13.5. The fourth-order valence-electron chi connectivity index (χ4n) is 2.26. The lowest BCUT2D eigenvalue weighted by Gasteiger charge is -2.29. The molecule has 0 saturated heterocycles. The Labute approximate surface area is 123 Å². The summed E-state index contributed by atoms with van der Waals surface area (Å²) in [7, 11) is 0. The van der Waals surface area contributed by atoms with Crippen LogP contribution in [0.4, 0.5) is 8.78 Å². The SMILES string of the molecule is CC(CN)(NC(=O)Cc1cccc(F)c1F)C1CC1.Cl. The van der Waals surface area contributed by atoms with Crippen LogP contribution in [0.25, 0.3) is 0 Å². The Bertz CT molecular complexity index is 494. The predicted molar refractivity (Wildman–Crippen MR) is 75.6 cm³/mol. The molecule has 0 bridgehead atoms. The molecule has 20 heavy (non-hydrogen) atoms. The van der Waals surface area contributed by atoms with Crippen LogP contribution in [-0.4, -0.2) is 18.0 Å². The molecular weight excluding hydrogens is 286 g/mol. The van der Waals surface area contributed by atoms with E-state index in [1.54, 1.807) is 0 Å². The van der Waals surface area contributed by atoms with E-state index in [1.165, 1.54) is 12.1 Å². The first-order chi connectivity index (χ1) is 8.96. The Balaban J connectivity index is 0.00000200. The van der Waals surface area contributed by atoms with Crippen molar-refractivity contribution in [2.75, 3.05) is 6.54 Å². The quantitative estimate of drug-likeness (QED) is 0.876. The minimum Gasteiger partial charge on any atom is -0.349 e. The second-order valence-electron chi connectivity index (χ2n) is 5.33. The molecule has 2 rings (SSSR count). The number of nitrogens with two attached hydrogens (primary N) is 1. The molecule has 1 aromatic rings.